The molecule has 2 aromatic heterocycles. The number of anilines is 3. The lowest BCUT2D eigenvalue weighted by Crippen LogP contribution is -2.27. The highest BCUT2D eigenvalue weighted by molar-refractivity contribution is 5.79. The summed E-state index contributed by atoms with van der Waals surface area (Å²) >= 11 is 0. The molecule has 0 saturated heterocycles. The van der Waals surface area contributed by atoms with Gasteiger partial charge in [-0.1, -0.05) is 12.1 Å². The molecule has 3 heterocycles. The number of imidazole rings is 1. The van der Waals surface area contributed by atoms with Crippen molar-refractivity contribution in [2.75, 3.05) is 23.0 Å². The molecule has 0 fully saturated rings. The maximum Gasteiger partial charge on any atom is 0.302 e. The van der Waals surface area contributed by atoms with Crippen LogP contribution in [0.2, 0.25) is 0 Å². The molecular weight excluding hydrogens is 352 g/mol. The van der Waals surface area contributed by atoms with Crippen molar-refractivity contribution in [2.45, 2.75) is 6.92 Å². The van der Waals surface area contributed by atoms with Gasteiger partial charge < -0.3 is 14.5 Å². The Kier molecular flexibility index (Phi) is 3.86. The molecule has 0 amide bonds. The SMILES string of the molecule is CCN1CN(c2ccc(Oc3nc4ccccc4n3C)cc2)c2ncncc21. The van der Waals surface area contributed by atoms with Crippen molar-refractivity contribution in [3.8, 4) is 11.8 Å². The van der Waals surface area contributed by atoms with E-state index in [1.54, 1.807) is 6.33 Å². The Morgan fingerprint density at radius 2 is 1.89 bits per heavy atom. The summed E-state index contributed by atoms with van der Waals surface area (Å²) in [6.07, 6.45) is 3.46. The Bertz CT molecular complexity index is 1140. The van der Waals surface area contributed by atoms with Gasteiger partial charge >= 0.3 is 6.01 Å². The first kappa shape index (κ1) is 16.6. The number of nitrogens with zero attached hydrogens (tertiary/aromatic N) is 6. The first-order valence-corrected chi connectivity index (χ1v) is 9.26. The fourth-order valence-electron chi connectivity index (χ4n) is 3.55. The summed E-state index contributed by atoms with van der Waals surface area (Å²) in [5.41, 5.74) is 4.09. The second kappa shape index (κ2) is 6.53. The van der Waals surface area contributed by atoms with Gasteiger partial charge in [0.1, 0.15) is 17.8 Å². The number of rotatable bonds is 4. The number of hydrogen-bond donors (Lipinski definition) is 0. The molecule has 7 heteroatoms. The lowest BCUT2D eigenvalue weighted by molar-refractivity contribution is 0.428. The number of para-hydroxylation sites is 2. The summed E-state index contributed by atoms with van der Waals surface area (Å²) in [6.45, 7) is 3.80. The van der Waals surface area contributed by atoms with E-state index in [1.165, 1.54) is 0 Å². The zero-order valence-electron chi connectivity index (χ0n) is 15.8. The normalized spacial score (nSPS) is 13.2. The molecule has 2 aromatic carbocycles. The fraction of sp³-hybridized carbons (Fsp3) is 0.190. The molecule has 0 atom stereocenters. The van der Waals surface area contributed by atoms with Crippen molar-refractivity contribution >= 4 is 28.2 Å². The molecule has 1 aliphatic heterocycles. The van der Waals surface area contributed by atoms with Gasteiger partial charge in [0, 0.05) is 19.3 Å². The van der Waals surface area contributed by atoms with Gasteiger partial charge in [-0.15, -0.1) is 0 Å². The average Bonchev–Trinajstić information content (AvgIpc) is 3.27. The first-order chi connectivity index (χ1) is 13.7. The minimum atomic E-state index is 0.574. The van der Waals surface area contributed by atoms with Gasteiger partial charge in [0.25, 0.3) is 0 Å². The summed E-state index contributed by atoms with van der Waals surface area (Å²) < 4.78 is 7.98. The second-order valence-corrected chi connectivity index (χ2v) is 6.70. The highest BCUT2D eigenvalue weighted by atomic mass is 16.5. The summed E-state index contributed by atoms with van der Waals surface area (Å²) in [6, 6.07) is 16.6. The van der Waals surface area contributed by atoms with E-state index in [4.69, 9.17) is 4.74 Å². The molecule has 1 aliphatic rings. The zero-order valence-corrected chi connectivity index (χ0v) is 15.8. The number of ether oxygens (including phenoxy) is 1. The zero-order chi connectivity index (χ0) is 19.1. The first-order valence-electron chi connectivity index (χ1n) is 9.26. The van der Waals surface area contributed by atoms with E-state index in [9.17, 15) is 0 Å². The predicted octanol–water partition coefficient (Wildman–Crippen LogP) is 4.09. The predicted molar refractivity (Wildman–Crippen MR) is 109 cm³/mol. The molecule has 0 bridgehead atoms. The maximum absolute atomic E-state index is 6.02. The largest absolute Gasteiger partial charge is 0.425 e. The van der Waals surface area contributed by atoms with Gasteiger partial charge in [-0.3, -0.25) is 4.57 Å². The van der Waals surface area contributed by atoms with Crippen LogP contribution in [0.3, 0.4) is 0 Å². The molecule has 7 nitrogen and oxygen atoms in total. The van der Waals surface area contributed by atoms with Crippen LogP contribution in [0, 0.1) is 0 Å². The highest BCUT2D eigenvalue weighted by Crippen LogP contribution is 2.38. The van der Waals surface area contributed by atoms with Crippen LogP contribution in [0.15, 0.2) is 61.1 Å². The van der Waals surface area contributed by atoms with E-state index >= 15 is 0 Å². The van der Waals surface area contributed by atoms with E-state index in [1.807, 2.05) is 66.3 Å². The molecule has 5 rings (SSSR count). The summed E-state index contributed by atoms with van der Waals surface area (Å²) in [5, 5.41) is 0. The van der Waals surface area contributed by atoms with Gasteiger partial charge in [-0.05, 0) is 43.3 Å². The number of aromatic nitrogens is 4. The molecule has 140 valence electrons. The summed E-state index contributed by atoms with van der Waals surface area (Å²) in [4.78, 5) is 17.6. The van der Waals surface area contributed by atoms with Crippen LogP contribution in [0.4, 0.5) is 17.2 Å². The van der Waals surface area contributed by atoms with Crippen molar-refractivity contribution in [3.63, 3.8) is 0 Å². The van der Waals surface area contributed by atoms with E-state index in [-0.39, 0.29) is 0 Å². The number of fused-ring (bicyclic) bond motifs is 2. The Labute approximate surface area is 162 Å². The fourth-order valence-corrected chi connectivity index (χ4v) is 3.55. The summed E-state index contributed by atoms with van der Waals surface area (Å²) in [7, 11) is 1.96. The summed E-state index contributed by atoms with van der Waals surface area (Å²) in [5.74, 6) is 1.68. The Morgan fingerprint density at radius 1 is 1.07 bits per heavy atom. The molecule has 0 saturated carbocycles. The molecule has 0 radical (unpaired) electrons. The van der Waals surface area contributed by atoms with Crippen LogP contribution >= 0.6 is 0 Å². The number of aryl methyl sites for hydroxylation is 1. The molecule has 0 aliphatic carbocycles. The average molecular weight is 372 g/mol. The van der Waals surface area contributed by atoms with Crippen molar-refractivity contribution in [1.29, 1.82) is 0 Å². The standard InChI is InChI=1S/C21H20N6O/c1-3-26-14-27(20-19(26)12-22-13-23-20)15-8-10-16(11-9-15)28-21-24-17-6-4-5-7-18(17)25(21)2/h4-13H,3,14H2,1-2H3. The van der Waals surface area contributed by atoms with E-state index in [2.05, 4.69) is 31.7 Å². The van der Waals surface area contributed by atoms with Gasteiger partial charge in [-0.25, -0.2) is 9.97 Å². The van der Waals surface area contributed by atoms with Gasteiger partial charge in [0.05, 0.1) is 23.9 Å². The lowest BCUT2D eigenvalue weighted by atomic mass is 10.3. The van der Waals surface area contributed by atoms with Crippen LogP contribution < -0.4 is 14.5 Å². The van der Waals surface area contributed by atoms with Crippen molar-refractivity contribution in [3.05, 3.63) is 61.1 Å². The number of hydrogen-bond acceptors (Lipinski definition) is 6. The molecule has 0 spiro atoms. The van der Waals surface area contributed by atoms with Crippen molar-refractivity contribution in [2.24, 2.45) is 7.05 Å². The molecule has 0 N–H and O–H groups in total. The Balaban J connectivity index is 1.41. The highest BCUT2D eigenvalue weighted by Gasteiger charge is 2.27. The third-order valence-electron chi connectivity index (χ3n) is 5.07. The quantitative estimate of drug-likeness (QED) is 0.538. The van der Waals surface area contributed by atoms with E-state index in [0.29, 0.717) is 6.01 Å². The molecular formula is C21H20N6O. The minimum Gasteiger partial charge on any atom is -0.425 e. The Hall–Kier alpha value is -3.61. The monoisotopic (exact) mass is 372 g/mol. The van der Waals surface area contributed by atoms with Gasteiger partial charge in [-0.2, -0.15) is 4.98 Å². The van der Waals surface area contributed by atoms with Crippen LogP contribution in [-0.2, 0) is 7.05 Å². The Morgan fingerprint density at radius 3 is 2.68 bits per heavy atom. The van der Waals surface area contributed by atoms with Crippen LogP contribution in [0.5, 0.6) is 11.8 Å². The van der Waals surface area contributed by atoms with Crippen LogP contribution in [-0.4, -0.2) is 32.7 Å². The maximum atomic E-state index is 6.02. The van der Waals surface area contributed by atoms with E-state index in [0.717, 1.165) is 47.2 Å². The molecule has 0 unspecified atom stereocenters. The third-order valence-corrected chi connectivity index (χ3v) is 5.07. The smallest absolute Gasteiger partial charge is 0.302 e. The second-order valence-electron chi connectivity index (χ2n) is 6.70. The van der Waals surface area contributed by atoms with Gasteiger partial charge in [0.15, 0.2) is 5.82 Å². The van der Waals surface area contributed by atoms with E-state index < -0.39 is 0 Å². The third kappa shape index (κ3) is 2.63. The molecule has 4 aromatic rings. The van der Waals surface area contributed by atoms with Crippen molar-refractivity contribution < 1.29 is 4.74 Å². The molecule has 28 heavy (non-hydrogen) atoms. The van der Waals surface area contributed by atoms with Crippen molar-refractivity contribution in [1.82, 2.24) is 19.5 Å². The minimum absolute atomic E-state index is 0.574. The van der Waals surface area contributed by atoms with Gasteiger partial charge in [0.2, 0.25) is 0 Å². The van der Waals surface area contributed by atoms with Crippen LogP contribution in [0.25, 0.3) is 11.0 Å². The number of benzene rings is 2. The lowest BCUT2D eigenvalue weighted by Gasteiger charge is -2.20. The topological polar surface area (TPSA) is 59.3 Å². The van der Waals surface area contributed by atoms with Crippen LogP contribution in [0.1, 0.15) is 6.92 Å².